The van der Waals surface area contributed by atoms with Crippen molar-refractivity contribution >= 4 is 50.1 Å². The van der Waals surface area contributed by atoms with E-state index in [9.17, 15) is 4.79 Å². The van der Waals surface area contributed by atoms with Gasteiger partial charge in [-0.25, -0.2) is 4.98 Å². The van der Waals surface area contributed by atoms with Crippen molar-refractivity contribution in [2.45, 2.75) is 31.7 Å². The van der Waals surface area contributed by atoms with E-state index in [0.717, 1.165) is 53.2 Å². The number of hydrogen-bond donors (Lipinski definition) is 2. The van der Waals surface area contributed by atoms with Gasteiger partial charge in [0.25, 0.3) is 5.91 Å². The molecular formula is C32H33N5O. The second-order valence-electron chi connectivity index (χ2n) is 10.6. The van der Waals surface area contributed by atoms with Crippen molar-refractivity contribution in [3.8, 4) is 0 Å². The van der Waals surface area contributed by atoms with Gasteiger partial charge in [-0.3, -0.25) is 4.79 Å². The standard InChI is InChI=1S/C32H33N5O/c1-37(2)30-28-9-5-6-10-29(28)35-32(36-30)34-27-15-11-21(12-16-27)20-33-31(38)25-14-13-24-17-22-7-3-4-8-23(22)18-26(24)19-25/h3-10,13-14,17-19,21,27H,11-12,15-16,20H2,1-2H3,(H,33,38)(H,34,35,36)/t21-,27+. The van der Waals surface area contributed by atoms with Gasteiger partial charge in [0.1, 0.15) is 5.82 Å². The number of anilines is 2. The van der Waals surface area contributed by atoms with Gasteiger partial charge in [-0.2, -0.15) is 4.98 Å². The number of amides is 1. The summed E-state index contributed by atoms with van der Waals surface area (Å²) in [6.07, 6.45) is 4.21. The lowest BCUT2D eigenvalue weighted by Gasteiger charge is -2.29. The van der Waals surface area contributed by atoms with Gasteiger partial charge in [-0.05, 0) is 89.5 Å². The Bertz CT molecular complexity index is 1620. The summed E-state index contributed by atoms with van der Waals surface area (Å²) in [4.78, 5) is 24.5. The molecule has 0 unspecified atom stereocenters. The Morgan fingerprint density at radius 1 is 0.816 bits per heavy atom. The molecule has 6 nitrogen and oxygen atoms in total. The number of fused-ring (bicyclic) bond motifs is 3. The van der Waals surface area contributed by atoms with Gasteiger partial charge in [-0.15, -0.1) is 0 Å². The molecule has 4 aromatic carbocycles. The zero-order chi connectivity index (χ0) is 26.1. The third-order valence-corrected chi connectivity index (χ3v) is 7.70. The SMILES string of the molecule is CN(C)c1nc(N[C@H]2CC[C@@H](CNC(=O)c3ccc4cc5ccccc5cc4c3)CC2)nc2ccccc12. The average Bonchev–Trinajstić information content (AvgIpc) is 2.94. The van der Waals surface area contributed by atoms with E-state index in [1.807, 2.05) is 61.5 Å². The van der Waals surface area contributed by atoms with Crippen LogP contribution in [0.25, 0.3) is 32.4 Å². The fraction of sp³-hybridized carbons (Fsp3) is 0.281. The van der Waals surface area contributed by atoms with E-state index in [2.05, 4.69) is 47.0 Å². The molecule has 1 saturated carbocycles. The number of benzene rings is 4. The topological polar surface area (TPSA) is 70.2 Å². The molecule has 5 aromatic rings. The smallest absolute Gasteiger partial charge is 0.251 e. The maximum Gasteiger partial charge on any atom is 0.251 e. The van der Waals surface area contributed by atoms with Crippen molar-refractivity contribution in [1.29, 1.82) is 0 Å². The highest BCUT2D eigenvalue weighted by Crippen LogP contribution is 2.29. The number of nitrogens with one attached hydrogen (secondary N) is 2. The van der Waals surface area contributed by atoms with Gasteiger partial charge < -0.3 is 15.5 Å². The molecule has 0 radical (unpaired) electrons. The Morgan fingerprint density at radius 3 is 2.26 bits per heavy atom. The molecule has 1 heterocycles. The van der Waals surface area contributed by atoms with Gasteiger partial charge in [0, 0.05) is 37.6 Å². The Balaban J connectivity index is 1.05. The zero-order valence-corrected chi connectivity index (χ0v) is 21.9. The van der Waals surface area contributed by atoms with Crippen molar-refractivity contribution in [3.63, 3.8) is 0 Å². The number of nitrogens with zero attached hydrogens (tertiary/aromatic N) is 3. The second kappa shape index (κ2) is 10.3. The van der Waals surface area contributed by atoms with Crippen molar-refractivity contribution in [2.75, 3.05) is 30.9 Å². The number of aromatic nitrogens is 2. The Hall–Kier alpha value is -4.19. The maximum absolute atomic E-state index is 13.0. The van der Waals surface area contributed by atoms with Crippen LogP contribution in [0.3, 0.4) is 0 Å². The summed E-state index contributed by atoms with van der Waals surface area (Å²) in [5, 5.41) is 12.5. The predicted molar refractivity (Wildman–Crippen MR) is 157 cm³/mol. The lowest BCUT2D eigenvalue weighted by molar-refractivity contribution is 0.0943. The first-order chi connectivity index (χ1) is 18.5. The fourth-order valence-corrected chi connectivity index (χ4v) is 5.58. The van der Waals surface area contributed by atoms with Crippen molar-refractivity contribution in [3.05, 3.63) is 84.4 Å². The summed E-state index contributed by atoms with van der Waals surface area (Å²) in [7, 11) is 4.02. The molecule has 2 N–H and O–H groups in total. The second-order valence-corrected chi connectivity index (χ2v) is 10.6. The third kappa shape index (κ3) is 4.99. The first-order valence-electron chi connectivity index (χ1n) is 13.4. The van der Waals surface area contributed by atoms with Crippen LogP contribution < -0.4 is 15.5 Å². The molecule has 0 aliphatic heterocycles. The number of rotatable bonds is 6. The van der Waals surface area contributed by atoms with Crippen LogP contribution in [-0.2, 0) is 0 Å². The number of hydrogen-bond acceptors (Lipinski definition) is 5. The van der Waals surface area contributed by atoms with Crippen LogP contribution in [0.2, 0.25) is 0 Å². The molecule has 192 valence electrons. The van der Waals surface area contributed by atoms with Gasteiger partial charge in [0.2, 0.25) is 5.95 Å². The minimum absolute atomic E-state index is 0.00101. The van der Waals surface area contributed by atoms with Crippen LogP contribution in [0.15, 0.2) is 78.9 Å². The average molecular weight is 504 g/mol. The summed E-state index contributed by atoms with van der Waals surface area (Å²) in [5.74, 6) is 2.10. The van der Waals surface area contributed by atoms with Gasteiger partial charge in [-0.1, -0.05) is 42.5 Å². The molecule has 38 heavy (non-hydrogen) atoms. The van der Waals surface area contributed by atoms with Crippen molar-refractivity contribution < 1.29 is 4.79 Å². The zero-order valence-electron chi connectivity index (χ0n) is 21.9. The minimum Gasteiger partial charge on any atom is -0.362 e. The summed E-state index contributed by atoms with van der Waals surface area (Å²) in [6, 6.07) is 27.1. The van der Waals surface area contributed by atoms with Gasteiger partial charge >= 0.3 is 0 Å². The summed E-state index contributed by atoms with van der Waals surface area (Å²) >= 11 is 0. The van der Waals surface area contributed by atoms with E-state index in [4.69, 9.17) is 9.97 Å². The molecule has 1 amide bonds. The molecule has 6 rings (SSSR count). The van der Waals surface area contributed by atoms with Gasteiger partial charge in [0.15, 0.2) is 0 Å². The largest absolute Gasteiger partial charge is 0.362 e. The van der Waals surface area contributed by atoms with E-state index in [0.29, 0.717) is 30.0 Å². The summed E-state index contributed by atoms with van der Waals surface area (Å²) in [6.45, 7) is 0.707. The monoisotopic (exact) mass is 503 g/mol. The molecule has 1 fully saturated rings. The van der Waals surface area contributed by atoms with E-state index < -0.39 is 0 Å². The highest BCUT2D eigenvalue weighted by Gasteiger charge is 2.23. The fourth-order valence-electron chi connectivity index (χ4n) is 5.58. The van der Waals surface area contributed by atoms with Crippen LogP contribution in [0, 0.1) is 5.92 Å². The minimum atomic E-state index is 0.00101. The molecular weight excluding hydrogens is 470 g/mol. The van der Waals surface area contributed by atoms with Crippen LogP contribution in [0.1, 0.15) is 36.0 Å². The summed E-state index contributed by atoms with van der Waals surface area (Å²) < 4.78 is 0. The Morgan fingerprint density at radius 2 is 1.50 bits per heavy atom. The molecule has 1 aliphatic carbocycles. The summed E-state index contributed by atoms with van der Waals surface area (Å²) in [5.41, 5.74) is 1.67. The van der Waals surface area contributed by atoms with Crippen LogP contribution >= 0.6 is 0 Å². The molecule has 1 aromatic heterocycles. The Labute approximate surface area is 223 Å². The quantitative estimate of drug-likeness (QED) is 0.262. The molecule has 0 saturated heterocycles. The van der Waals surface area contributed by atoms with E-state index in [1.165, 1.54) is 10.8 Å². The van der Waals surface area contributed by atoms with Crippen molar-refractivity contribution in [2.24, 2.45) is 5.92 Å². The molecule has 6 heteroatoms. The van der Waals surface area contributed by atoms with Crippen LogP contribution in [0.4, 0.5) is 11.8 Å². The van der Waals surface area contributed by atoms with Crippen LogP contribution in [-0.4, -0.2) is 42.6 Å². The number of carbonyl (C=O) groups excluding carboxylic acids is 1. The molecule has 0 atom stereocenters. The van der Waals surface area contributed by atoms with Gasteiger partial charge in [0.05, 0.1) is 5.52 Å². The molecule has 1 aliphatic rings. The first kappa shape index (κ1) is 24.2. The Kier molecular flexibility index (Phi) is 6.54. The normalized spacial score (nSPS) is 17.5. The van der Waals surface area contributed by atoms with Crippen LogP contribution in [0.5, 0.6) is 0 Å². The first-order valence-corrected chi connectivity index (χ1v) is 13.4. The van der Waals surface area contributed by atoms with E-state index >= 15 is 0 Å². The number of para-hydroxylation sites is 1. The maximum atomic E-state index is 13.0. The van der Waals surface area contributed by atoms with Crippen molar-refractivity contribution in [1.82, 2.24) is 15.3 Å². The highest BCUT2D eigenvalue weighted by atomic mass is 16.1. The van der Waals surface area contributed by atoms with E-state index in [1.54, 1.807) is 0 Å². The molecule has 0 bridgehead atoms. The highest BCUT2D eigenvalue weighted by molar-refractivity contribution is 6.03. The molecule has 0 spiro atoms. The third-order valence-electron chi connectivity index (χ3n) is 7.70. The predicted octanol–water partition coefficient (Wildman–Crippen LogP) is 6.40. The lowest BCUT2D eigenvalue weighted by Crippen LogP contribution is -2.34. The van der Waals surface area contributed by atoms with E-state index in [-0.39, 0.29) is 5.91 Å². The number of carbonyl (C=O) groups is 1. The lowest BCUT2D eigenvalue weighted by atomic mass is 9.86.